The molecule has 0 spiro atoms. The number of hydrogen-bond donors (Lipinski definition) is 2. The molecule has 2 amide bonds. The third kappa shape index (κ3) is 6.87. The van der Waals surface area contributed by atoms with Crippen LogP contribution < -0.4 is 10.8 Å². The summed E-state index contributed by atoms with van der Waals surface area (Å²) >= 11 is 0. The summed E-state index contributed by atoms with van der Waals surface area (Å²) in [6.07, 6.45) is -3.54. The molecule has 1 aliphatic rings. The summed E-state index contributed by atoms with van der Waals surface area (Å²) in [4.78, 5) is 18.0. The van der Waals surface area contributed by atoms with Crippen molar-refractivity contribution in [3.8, 4) is 0 Å². The van der Waals surface area contributed by atoms with Crippen molar-refractivity contribution in [3.05, 3.63) is 35.9 Å². The predicted molar refractivity (Wildman–Crippen MR) is 78.4 cm³/mol. The first-order valence-corrected chi connectivity index (χ1v) is 7.41. The van der Waals surface area contributed by atoms with Crippen molar-refractivity contribution in [2.45, 2.75) is 19.2 Å². The maximum Gasteiger partial charge on any atom is 0.401 e. The van der Waals surface area contributed by atoms with Crippen LogP contribution in [0.1, 0.15) is 12.0 Å². The Morgan fingerprint density at radius 3 is 2.74 bits per heavy atom. The second-order valence-electron chi connectivity index (χ2n) is 5.59. The van der Waals surface area contributed by atoms with Crippen molar-refractivity contribution in [1.82, 2.24) is 15.7 Å². The van der Waals surface area contributed by atoms with Gasteiger partial charge in [0, 0.05) is 13.1 Å². The predicted octanol–water partition coefficient (Wildman–Crippen LogP) is 2.30. The first-order chi connectivity index (χ1) is 10.9. The van der Waals surface area contributed by atoms with Gasteiger partial charge in [-0.2, -0.15) is 13.2 Å². The maximum atomic E-state index is 12.3. The van der Waals surface area contributed by atoms with Crippen LogP contribution in [0.3, 0.4) is 0 Å². The number of carbonyl (C=O) groups is 1. The molecule has 1 saturated heterocycles. The van der Waals surface area contributed by atoms with Gasteiger partial charge in [-0.1, -0.05) is 30.3 Å². The zero-order valence-electron chi connectivity index (χ0n) is 12.6. The van der Waals surface area contributed by atoms with Crippen LogP contribution in [0.5, 0.6) is 0 Å². The Kier molecular flexibility index (Phi) is 6.23. The van der Waals surface area contributed by atoms with Crippen LogP contribution in [0.4, 0.5) is 18.0 Å². The lowest BCUT2D eigenvalue weighted by Crippen LogP contribution is -2.39. The SMILES string of the molecule is O=C(NCC1CCN(CC(F)(F)F)C1)NOCc1ccccc1. The van der Waals surface area contributed by atoms with E-state index in [0.29, 0.717) is 26.1 Å². The topological polar surface area (TPSA) is 53.6 Å². The molecule has 1 fully saturated rings. The highest BCUT2D eigenvalue weighted by molar-refractivity contribution is 5.72. The van der Waals surface area contributed by atoms with E-state index in [9.17, 15) is 18.0 Å². The molecule has 1 heterocycles. The summed E-state index contributed by atoms with van der Waals surface area (Å²) in [6, 6.07) is 8.86. The molecule has 1 aromatic rings. The first-order valence-electron chi connectivity index (χ1n) is 7.41. The highest BCUT2D eigenvalue weighted by atomic mass is 19.4. The molecule has 0 aliphatic carbocycles. The van der Waals surface area contributed by atoms with Gasteiger partial charge in [-0.05, 0) is 24.4 Å². The number of hydroxylamine groups is 1. The molecule has 2 rings (SSSR count). The van der Waals surface area contributed by atoms with Gasteiger partial charge in [0.15, 0.2) is 0 Å². The van der Waals surface area contributed by atoms with E-state index in [2.05, 4.69) is 10.8 Å². The maximum absolute atomic E-state index is 12.3. The monoisotopic (exact) mass is 331 g/mol. The molecule has 0 saturated carbocycles. The molecule has 0 bridgehead atoms. The molecule has 1 aliphatic heterocycles. The average molecular weight is 331 g/mol. The lowest BCUT2D eigenvalue weighted by atomic mass is 10.1. The van der Waals surface area contributed by atoms with Crippen molar-refractivity contribution < 1.29 is 22.8 Å². The van der Waals surface area contributed by atoms with E-state index >= 15 is 0 Å². The van der Waals surface area contributed by atoms with Gasteiger partial charge in [0.1, 0.15) is 0 Å². The molecule has 8 heteroatoms. The zero-order valence-corrected chi connectivity index (χ0v) is 12.6. The molecule has 1 unspecified atom stereocenters. The minimum absolute atomic E-state index is 0.0252. The van der Waals surface area contributed by atoms with Crippen LogP contribution in [0.15, 0.2) is 30.3 Å². The molecule has 5 nitrogen and oxygen atoms in total. The number of urea groups is 1. The Hall–Kier alpha value is -1.80. The molecule has 0 radical (unpaired) electrons. The van der Waals surface area contributed by atoms with Crippen LogP contribution in [0, 0.1) is 5.92 Å². The average Bonchev–Trinajstić information content (AvgIpc) is 2.92. The number of rotatable bonds is 6. The summed E-state index contributed by atoms with van der Waals surface area (Å²) in [5, 5.41) is 2.61. The van der Waals surface area contributed by atoms with Gasteiger partial charge in [0.05, 0.1) is 13.2 Å². The molecular weight excluding hydrogens is 311 g/mol. The van der Waals surface area contributed by atoms with E-state index in [1.807, 2.05) is 30.3 Å². The number of nitrogens with one attached hydrogen (secondary N) is 2. The van der Waals surface area contributed by atoms with E-state index in [1.54, 1.807) is 0 Å². The second-order valence-corrected chi connectivity index (χ2v) is 5.59. The van der Waals surface area contributed by atoms with Gasteiger partial charge >= 0.3 is 12.2 Å². The number of benzene rings is 1. The van der Waals surface area contributed by atoms with Crippen LogP contribution in [0.2, 0.25) is 0 Å². The van der Waals surface area contributed by atoms with Gasteiger partial charge in [0.25, 0.3) is 0 Å². The smallest absolute Gasteiger partial charge is 0.336 e. The Morgan fingerprint density at radius 2 is 2.04 bits per heavy atom. The molecule has 1 atom stereocenters. The van der Waals surface area contributed by atoms with E-state index < -0.39 is 18.8 Å². The molecule has 23 heavy (non-hydrogen) atoms. The van der Waals surface area contributed by atoms with E-state index in [-0.39, 0.29) is 12.5 Å². The Labute approximate surface area is 132 Å². The third-order valence-electron chi connectivity index (χ3n) is 3.57. The normalized spacial score (nSPS) is 18.8. The molecule has 128 valence electrons. The van der Waals surface area contributed by atoms with Crippen molar-refractivity contribution in [1.29, 1.82) is 0 Å². The van der Waals surface area contributed by atoms with Crippen molar-refractivity contribution in [2.24, 2.45) is 5.92 Å². The van der Waals surface area contributed by atoms with Gasteiger partial charge in [-0.25, -0.2) is 10.3 Å². The second kappa shape index (κ2) is 8.16. The van der Waals surface area contributed by atoms with Crippen LogP contribution >= 0.6 is 0 Å². The quantitative estimate of drug-likeness (QED) is 0.787. The van der Waals surface area contributed by atoms with Crippen molar-refractivity contribution in [2.75, 3.05) is 26.2 Å². The number of nitrogens with zero attached hydrogens (tertiary/aromatic N) is 1. The number of carbonyl (C=O) groups excluding carboxylic acids is 1. The summed E-state index contributed by atoms with van der Waals surface area (Å²) in [6.45, 7) is 0.421. The number of halogens is 3. The fourth-order valence-electron chi connectivity index (χ4n) is 2.51. The number of amides is 2. The van der Waals surface area contributed by atoms with E-state index in [0.717, 1.165) is 5.56 Å². The minimum Gasteiger partial charge on any atom is -0.336 e. The number of alkyl halides is 3. The van der Waals surface area contributed by atoms with Crippen molar-refractivity contribution >= 4 is 6.03 Å². The lowest BCUT2D eigenvalue weighted by molar-refractivity contribution is -0.143. The molecular formula is C15H20F3N3O2. The summed E-state index contributed by atoms with van der Waals surface area (Å²) in [5.74, 6) is 0.0252. The van der Waals surface area contributed by atoms with Gasteiger partial charge in [0.2, 0.25) is 0 Å². The highest BCUT2D eigenvalue weighted by Gasteiger charge is 2.34. The summed E-state index contributed by atoms with van der Waals surface area (Å²) in [7, 11) is 0. The fraction of sp³-hybridized carbons (Fsp3) is 0.533. The third-order valence-corrected chi connectivity index (χ3v) is 3.57. The van der Waals surface area contributed by atoms with Crippen molar-refractivity contribution in [3.63, 3.8) is 0 Å². The summed E-state index contributed by atoms with van der Waals surface area (Å²) < 4.78 is 36.9. The number of hydrogen-bond acceptors (Lipinski definition) is 3. The molecule has 0 aromatic heterocycles. The summed E-state index contributed by atoms with van der Waals surface area (Å²) in [5.41, 5.74) is 3.18. The highest BCUT2D eigenvalue weighted by Crippen LogP contribution is 2.22. The Morgan fingerprint density at radius 1 is 1.30 bits per heavy atom. The van der Waals surface area contributed by atoms with Gasteiger partial charge < -0.3 is 5.32 Å². The zero-order chi connectivity index (χ0) is 16.7. The van der Waals surface area contributed by atoms with Crippen LogP contribution in [-0.2, 0) is 11.4 Å². The Balaban J connectivity index is 1.58. The molecule has 1 aromatic carbocycles. The fourth-order valence-corrected chi connectivity index (χ4v) is 2.51. The Bertz CT molecular complexity index is 496. The van der Waals surface area contributed by atoms with E-state index in [4.69, 9.17) is 4.84 Å². The first kappa shape index (κ1) is 17.6. The van der Waals surface area contributed by atoms with Gasteiger partial charge in [-0.3, -0.25) is 9.74 Å². The lowest BCUT2D eigenvalue weighted by Gasteiger charge is -2.18. The molecule has 2 N–H and O–H groups in total. The van der Waals surface area contributed by atoms with Crippen LogP contribution in [-0.4, -0.2) is 43.3 Å². The van der Waals surface area contributed by atoms with Crippen LogP contribution in [0.25, 0.3) is 0 Å². The minimum atomic E-state index is -4.18. The van der Waals surface area contributed by atoms with E-state index in [1.165, 1.54) is 4.90 Å². The number of likely N-dealkylation sites (tertiary alicyclic amines) is 1. The standard InChI is InChI=1S/C15H20F3N3O2/c16-15(17,18)11-21-7-6-13(9-21)8-19-14(22)20-23-10-12-4-2-1-3-5-12/h1-5,13H,6-11H2,(H2,19,20,22). The largest absolute Gasteiger partial charge is 0.401 e. The van der Waals surface area contributed by atoms with Gasteiger partial charge in [-0.15, -0.1) is 0 Å².